The van der Waals surface area contributed by atoms with Gasteiger partial charge in [0.05, 0.1) is 17.6 Å². The van der Waals surface area contributed by atoms with Crippen LogP contribution in [0.15, 0.2) is 30.3 Å². The number of thiocarbonyl (C=S) groups is 1. The zero-order chi connectivity index (χ0) is 17.4. The summed E-state index contributed by atoms with van der Waals surface area (Å²) in [5.74, 6) is 0.303. The van der Waals surface area contributed by atoms with Crippen LogP contribution in [0.3, 0.4) is 0 Å². The summed E-state index contributed by atoms with van der Waals surface area (Å²) >= 11 is 5.37. The number of carbonyl (C=O) groups is 1. The molecule has 2 rings (SSSR count). The molecule has 1 saturated heterocycles. The Morgan fingerprint density at radius 1 is 1.42 bits per heavy atom. The first kappa shape index (κ1) is 18.8. The number of aliphatic hydroxyl groups excluding tert-OH is 1. The molecule has 1 heterocycles. The van der Waals surface area contributed by atoms with Crippen LogP contribution in [0.2, 0.25) is 0 Å². The van der Waals surface area contributed by atoms with E-state index in [1.165, 1.54) is 5.56 Å². The van der Waals surface area contributed by atoms with E-state index in [0.29, 0.717) is 25.4 Å². The van der Waals surface area contributed by atoms with Crippen molar-refractivity contribution in [1.82, 2.24) is 10.6 Å². The molecule has 5 nitrogen and oxygen atoms in total. The Balaban J connectivity index is 1.59. The lowest BCUT2D eigenvalue weighted by molar-refractivity contribution is -0.125. The summed E-state index contributed by atoms with van der Waals surface area (Å²) in [5.41, 5.74) is 1.19. The van der Waals surface area contributed by atoms with E-state index in [2.05, 4.69) is 29.7 Å². The smallest absolute Gasteiger partial charge is 0.220 e. The number of hydrogen-bond acceptors (Lipinski definition) is 4. The topological polar surface area (TPSA) is 70.6 Å². The van der Waals surface area contributed by atoms with Crippen molar-refractivity contribution < 1.29 is 14.6 Å². The van der Waals surface area contributed by atoms with Gasteiger partial charge in [0, 0.05) is 19.4 Å². The van der Waals surface area contributed by atoms with Crippen LogP contribution >= 0.6 is 12.2 Å². The highest BCUT2D eigenvalue weighted by atomic mass is 32.1. The van der Waals surface area contributed by atoms with Gasteiger partial charge in [-0.25, -0.2) is 0 Å². The molecule has 1 aromatic rings. The van der Waals surface area contributed by atoms with E-state index in [0.717, 1.165) is 24.4 Å². The third-order valence-electron chi connectivity index (χ3n) is 4.13. The second-order valence-electron chi connectivity index (χ2n) is 6.33. The number of nitrogens with one attached hydrogen (secondary N) is 2. The third kappa shape index (κ3) is 6.55. The molecule has 0 spiro atoms. The van der Waals surface area contributed by atoms with Crippen molar-refractivity contribution in [3.63, 3.8) is 0 Å². The Morgan fingerprint density at radius 2 is 2.17 bits per heavy atom. The fraction of sp³-hybridized carbons (Fsp3) is 0.556. The zero-order valence-corrected chi connectivity index (χ0v) is 14.8. The van der Waals surface area contributed by atoms with Crippen molar-refractivity contribution in [2.24, 2.45) is 5.92 Å². The molecule has 0 bridgehead atoms. The molecule has 1 unspecified atom stereocenters. The quantitative estimate of drug-likeness (QED) is 0.624. The number of aliphatic hydroxyl groups is 1. The SMILES string of the molecule is C[C@@H](CCC(=O)N[C@H]1CCOC1O)CNC(=S)Cc1ccccc1. The molecule has 3 atom stereocenters. The first-order valence-corrected chi connectivity index (χ1v) is 8.85. The van der Waals surface area contributed by atoms with E-state index < -0.39 is 6.29 Å². The first-order chi connectivity index (χ1) is 11.5. The zero-order valence-electron chi connectivity index (χ0n) is 14.0. The maximum absolute atomic E-state index is 11.9. The van der Waals surface area contributed by atoms with Gasteiger partial charge in [0.1, 0.15) is 0 Å². The second-order valence-corrected chi connectivity index (χ2v) is 6.83. The molecule has 3 N–H and O–H groups in total. The summed E-state index contributed by atoms with van der Waals surface area (Å²) in [4.78, 5) is 12.7. The average Bonchev–Trinajstić information content (AvgIpc) is 2.97. The maximum atomic E-state index is 11.9. The van der Waals surface area contributed by atoms with Crippen LogP contribution in [-0.2, 0) is 16.0 Å². The highest BCUT2D eigenvalue weighted by molar-refractivity contribution is 7.80. The average molecular weight is 350 g/mol. The van der Waals surface area contributed by atoms with Gasteiger partial charge in [0.25, 0.3) is 0 Å². The largest absolute Gasteiger partial charge is 0.379 e. The van der Waals surface area contributed by atoms with Crippen LogP contribution in [0.25, 0.3) is 0 Å². The summed E-state index contributed by atoms with van der Waals surface area (Å²) < 4.78 is 5.02. The molecule has 1 amide bonds. The molecule has 0 aliphatic carbocycles. The van der Waals surface area contributed by atoms with Gasteiger partial charge in [-0.2, -0.15) is 0 Å². The normalized spacial score (nSPS) is 21.2. The monoisotopic (exact) mass is 350 g/mol. The van der Waals surface area contributed by atoms with Crippen molar-refractivity contribution >= 4 is 23.1 Å². The minimum Gasteiger partial charge on any atom is -0.379 e. The molecule has 6 heteroatoms. The van der Waals surface area contributed by atoms with Crippen LogP contribution in [-0.4, -0.2) is 41.5 Å². The third-order valence-corrected chi connectivity index (χ3v) is 4.42. The minimum atomic E-state index is -0.872. The van der Waals surface area contributed by atoms with E-state index in [-0.39, 0.29) is 11.9 Å². The molecule has 1 aliphatic rings. The number of benzene rings is 1. The van der Waals surface area contributed by atoms with Crippen LogP contribution < -0.4 is 10.6 Å². The van der Waals surface area contributed by atoms with Crippen LogP contribution in [0.1, 0.15) is 31.7 Å². The molecule has 0 saturated carbocycles. The first-order valence-electron chi connectivity index (χ1n) is 8.44. The van der Waals surface area contributed by atoms with Gasteiger partial charge in [0.15, 0.2) is 6.29 Å². The summed E-state index contributed by atoms with van der Waals surface area (Å²) in [7, 11) is 0. The van der Waals surface area contributed by atoms with E-state index in [1.807, 2.05) is 18.2 Å². The van der Waals surface area contributed by atoms with Crippen molar-refractivity contribution in [1.29, 1.82) is 0 Å². The summed E-state index contributed by atoms with van der Waals surface area (Å²) in [5, 5.41) is 15.6. The van der Waals surface area contributed by atoms with E-state index >= 15 is 0 Å². The van der Waals surface area contributed by atoms with Gasteiger partial charge in [-0.05, 0) is 24.3 Å². The Bertz CT molecular complexity index is 538. The number of ether oxygens (including phenoxy) is 1. The number of carbonyl (C=O) groups excluding carboxylic acids is 1. The number of hydrogen-bond donors (Lipinski definition) is 3. The lowest BCUT2D eigenvalue weighted by Gasteiger charge is -2.17. The second kappa shape index (κ2) is 9.71. The molecule has 132 valence electrons. The molecule has 0 radical (unpaired) electrons. The van der Waals surface area contributed by atoms with Gasteiger partial charge in [0.2, 0.25) is 5.91 Å². The highest BCUT2D eigenvalue weighted by Crippen LogP contribution is 2.12. The van der Waals surface area contributed by atoms with Gasteiger partial charge in [-0.15, -0.1) is 0 Å². The van der Waals surface area contributed by atoms with Crippen LogP contribution in [0.4, 0.5) is 0 Å². The highest BCUT2D eigenvalue weighted by Gasteiger charge is 2.27. The standard InChI is InChI=1S/C18H26N2O3S/c1-13(7-8-16(21)20-15-9-10-23-18(15)22)12-19-17(24)11-14-5-3-2-4-6-14/h2-6,13,15,18,22H,7-12H2,1H3,(H,19,24)(H,20,21)/t13-,15-,18?/m0/s1. The van der Waals surface area contributed by atoms with Gasteiger partial charge < -0.3 is 20.5 Å². The summed E-state index contributed by atoms with van der Waals surface area (Å²) in [6.07, 6.45) is 1.75. The molecule has 1 fully saturated rings. The fourth-order valence-electron chi connectivity index (χ4n) is 2.61. The van der Waals surface area contributed by atoms with E-state index in [9.17, 15) is 9.90 Å². The molecular formula is C18H26N2O3S. The predicted octanol–water partition coefficient (Wildman–Crippen LogP) is 1.79. The van der Waals surface area contributed by atoms with E-state index in [4.69, 9.17) is 17.0 Å². The number of amides is 1. The molecular weight excluding hydrogens is 324 g/mol. The minimum absolute atomic E-state index is 0.0386. The fourth-order valence-corrected chi connectivity index (χ4v) is 2.86. The predicted molar refractivity (Wildman–Crippen MR) is 97.7 cm³/mol. The van der Waals surface area contributed by atoms with Crippen molar-refractivity contribution in [2.75, 3.05) is 13.2 Å². The van der Waals surface area contributed by atoms with Gasteiger partial charge in [-0.1, -0.05) is 49.5 Å². The van der Waals surface area contributed by atoms with Crippen LogP contribution in [0, 0.1) is 5.92 Å². The molecule has 24 heavy (non-hydrogen) atoms. The molecule has 1 aromatic carbocycles. The van der Waals surface area contributed by atoms with Crippen LogP contribution in [0.5, 0.6) is 0 Å². The summed E-state index contributed by atoms with van der Waals surface area (Å²) in [6.45, 7) is 3.35. The Hall–Kier alpha value is -1.50. The van der Waals surface area contributed by atoms with E-state index in [1.54, 1.807) is 0 Å². The molecule has 1 aliphatic heterocycles. The Kier molecular flexibility index (Phi) is 7.62. The van der Waals surface area contributed by atoms with Gasteiger partial charge >= 0.3 is 0 Å². The van der Waals surface area contributed by atoms with Crippen molar-refractivity contribution in [3.05, 3.63) is 35.9 Å². The summed E-state index contributed by atoms with van der Waals surface area (Å²) in [6, 6.07) is 9.84. The maximum Gasteiger partial charge on any atom is 0.220 e. The molecule has 0 aromatic heterocycles. The van der Waals surface area contributed by atoms with Crippen molar-refractivity contribution in [2.45, 2.75) is 44.9 Å². The Labute approximate surface area is 148 Å². The van der Waals surface area contributed by atoms with Crippen molar-refractivity contribution in [3.8, 4) is 0 Å². The van der Waals surface area contributed by atoms with Gasteiger partial charge in [-0.3, -0.25) is 4.79 Å². The lowest BCUT2D eigenvalue weighted by Crippen LogP contribution is -2.40. The number of rotatable bonds is 8. The lowest BCUT2D eigenvalue weighted by atomic mass is 10.0. The Morgan fingerprint density at radius 3 is 2.83 bits per heavy atom.